The van der Waals surface area contributed by atoms with Gasteiger partial charge in [0.25, 0.3) is 5.91 Å². The van der Waals surface area contributed by atoms with E-state index < -0.39 is 6.04 Å². The van der Waals surface area contributed by atoms with E-state index >= 15 is 0 Å². The van der Waals surface area contributed by atoms with Gasteiger partial charge in [-0.2, -0.15) is 0 Å². The summed E-state index contributed by atoms with van der Waals surface area (Å²) in [6, 6.07) is 7.94. The quantitative estimate of drug-likeness (QED) is 0.462. The number of rotatable bonds is 9. The number of hydrogen-bond donors (Lipinski definition) is 1. The van der Waals surface area contributed by atoms with Crippen LogP contribution in [0.3, 0.4) is 0 Å². The fraction of sp³-hybridized carbons (Fsp3) is 0.417. The largest absolute Gasteiger partial charge is 0.484 e. The Morgan fingerprint density at radius 1 is 1.06 bits per heavy atom. The number of ether oxygens (including phenoxy) is 1. The summed E-state index contributed by atoms with van der Waals surface area (Å²) in [5.74, 6) is -0.0534. The highest BCUT2D eigenvalue weighted by Crippen LogP contribution is 2.28. The molecule has 0 aliphatic heterocycles. The van der Waals surface area contributed by atoms with E-state index in [1.807, 2.05) is 34.6 Å². The highest BCUT2D eigenvalue weighted by molar-refractivity contribution is 6.36. The van der Waals surface area contributed by atoms with E-state index in [0.29, 0.717) is 32.8 Å². The Morgan fingerprint density at radius 3 is 2.12 bits per heavy atom. The minimum atomic E-state index is -0.700. The third kappa shape index (κ3) is 6.77. The van der Waals surface area contributed by atoms with E-state index in [9.17, 15) is 9.59 Å². The first-order valence-corrected chi connectivity index (χ1v) is 11.6. The smallest absolute Gasteiger partial charge is 0.261 e. The zero-order valence-corrected chi connectivity index (χ0v) is 21.2. The number of halogens is 3. The molecule has 0 fully saturated rings. The fourth-order valence-corrected chi connectivity index (χ4v) is 4.00. The number of aryl methyl sites for hydroxylation is 2. The molecule has 0 saturated heterocycles. The van der Waals surface area contributed by atoms with Gasteiger partial charge in [-0.05, 0) is 69.5 Å². The van der Waals surface area contributed by atoms with Crippen LogP contribution < -0.4 is 10.1 Å². The Labute approximate surface area is 205 Å². The van der Waals surface area contributed by atoms with Gasteiger partial charge in [-0.15, -0.1) is 0 Å². The van der Waals surface area contributed by atoms with Crippen molar-refractivity contribution in [2.45, 2.75) is 59.7 Å². The molecule has 2 amide bonds. The molecule has 0 heterocycles. The van der Waals surface area contributed by atoms with Crippen LogP contribution in [-0.4, -0.2) is 35.4 Å². The van der Waals surface area contributed by atoms with Crippen molar-refractivity contribution in [1.82, 2.24) is 10.2 Å². The Bertz CT molecular complexity index is 936. The van der Waals surface area contributed by atoms with Gasteiger partial charge < -0.3 is 15.0 Å². The van der Waals surface area contributed by atoms with Gasteiger partial charge in [-0.3, -0.25) is 9.59 Å². The van der Waals surface area contributed by atoms with E-state index in [0.717, 1.165) is 11.1 Å². The van der Waals surface area contributed by atoms with Gasteiger partial charge in [-0.25, -0.2) is 0 Å². The molecule has 0 spiro atoms. The minimum Gasteiger partial charge on any atom is -0.484 e. The SMILES string of the molecule is CC[C@H](C(=O)NC(C)C)N(Cc1c(Cl)cccc1Cl)C(=O)COc1cc(C)c(Cl)c(C)c1. The number of nitrogens with one attached hydrogen (secondary N) is 1. The molecule has 0 radical (unpaired) electrons. The van der Waals surface area contributed by atoms with Crippen LogP contribution in [0.5, 0.6) is 5.75 Å². The Balaban J connectivity index is 2.31. The number of nitrogens with zero attached hydrogens (tertiary/aromatic N) is 1. The standard InChI is InChI=1S/C24H29Cl3N2O3/c1-6-21(24(31)28-14(2)3)29(12-18-19(25)8-7-9-20(18)26)22(30)13-32-17-10-15(4)23(27)16(5)11-17/h7-11,14,21H,6,12-13H2,1-5H3,(H,28,31)/t21-/m1/s1. The molecule has 0 bridgehead atoms. The van der Waals surface area contributed by atoms with Crippen LogP contribution >= 0.6 is 34.8 Å². The second-order valence-corrected chi connectivity index (χ2v) is 9.16. The molecule has 2 rings (SSSR count). The molecule has 1 atom stereocenters. The summed E-state index contributed by atoms with van der Waals surface area (Å²) >= 11 is 18.9. The van der Waals surface area contributed by atoms with Gasteiger partial charge in [-0.1, -0.05) is 47.8 Å². The van der Waals surface area contributed by atoms with Crippen molar-refractivity contribution in [3.63, 3.8) is 0 Å². The molecular weight excluding hydrogens is 471 g/mol. The maximum Gasteiger partial charge on any atom is 0.261 e. The first-order valence-electron chi connectivity index (χ1n) is 10.5. The van der Waals surface area contributed by atoms with Crippen molar-refractivity contribution in [2.24, 2.45) is 0 Å². The van der Waals surface area contributed by atoms with Crippen LogP contribution in [0.25, 0.3) is 0 Å². The summed E-state index contributed by atoms with van der Waals surface area (Å²) in [5.41, 5.74) is 2.30. The summed E-state index contributed by atoms with van der Waals surface area (Å²) in [6.45, 7) is 9.19. The van der Waals surface area contributed by atoms with Gasteiger partial charge in [0.05, 0.1) is 0 Å². The first kappa shape index (κ1) is 26.3. The Morgan fingerprint density at radius 2 is 1.62 bits per heavy atom. The summed E-state index contributed by atoms with van der Waals surface area (Å²) in [4.78, 5) is 27.6. The van der Waals surface area contributed by atoms with Crippen molar-refractivity contribution >= 4 is 46.6 Å². The molecule has 8 heteroatoms. The zero-order valence-electron chi connectivity index (χ0n) is 19.0. The van der Waals surface area contributed by atoms with Crippen molar-refractivity contribution in [1.29, 1.82) is 0 Å². The van der Waals surface area contributed by atoms with E-state index in [4.69, 9.17) is 39.5 Å². The zero-order chi connectivity index (χ0) is 24.0. The lowest BCUT2D eigenvalue weighted by Gasteiger charge is -2.31. The Hall–Kier alpha value is -1.95. The van der Waals surface area contributed by atoms with E-state index in [-0.39, 0.29) is 31.0 Å². The van der Waals surface area contributed by atoms with Crippen LogP contribution in [-0.2, 0) is 16.1 Å². The molecule has 5 nitrogen and oxygen atoms in total. The summed E-state index contributed by atoms with van der Waals surface area (Å²) < 4.78 is 5.77. The van der Waals surface area contributed by atoms with E-state index in [1.165, 1.54) is 4.90 Å². The molecule has 0 unspecified atom stereocenters. The topological polar surface area (TPSA) is 58.6 Å². The minimum absolute atomic E-state index is 0.0614. The fourth-order valence-electron chi connectivity index (χ4n) is 3.37. The molecule has 2 aromatic rings. The van der Waals surface area contributed by atoms with Gasteiger partial charge >= 0.3 is 0 Å². The van der Waals surface area contributed by atoms with Crippen molar-refractivity contribution in [2.75, 3.05) is 6.61 Å². The maximum atomic E-state index is 13.3. The molecule has 0 saturated carbocycles. The monoisotopic (exact) mass is 498 g/mol. The molecule has 32 heavy (non-hydrogen) atoms. The van der Waals surface area contributed by atoms with E-state index in [2.05, 4.69) is 5.32 Å². The van der Waals surface area contributed by atoms with Crippen LogP contribution in [0.4, 0.5) is 0 Å². The molecule has 0 aliphatic rings. The third-order valence-electron chi connectivity index (χ3n) is 4.98. The molecule has 0 aromatic heterocycles. The molecule has 174 valence electrons. The second-order valence-electron chi connectivity index (χ2n) is 7.97. The van der Waals surface area contributed by atoms with Crippen LogP contribution in [0.2, 0.25) is 15.1 Å². The van der Waals surface area contributed by atoms with Crippen molar-refractivity contribution in [3.05, 3.63) is 62.1 Å². The highest BCUT2D eigenvalue weighted by atomic mass is 35.5. The van der Waals surface area contributed by atoms with Crippen LogP contribution in [0.1, 0.15) is 43.9 Å². The van der Waals surface area contributed by atoms with E-state index in [1.54, 1.807) is 30.3 Å². The van der Waals surface area contributed by atoms with Gasteiger partial charge in [0.1, 0.15) is 11.8 Å². The molecule has 2 aromatic carbocycles. The average molecular weight is 500 g/mol. The van der Waals surface area contributed by atoms with Gasteiger partial charge in [0.2, 0.25) is 5.91 Å². The van der Waals surface area contributed by atoms with Crippen molar-refractivity contribution in [3.8, 4) is 5.75 Å². The molecule has 1 N–H and O–H groups in total. The van der Waals surface area contributed by atoms with Crippen LogP contribution in [0.15, 0.2) is 30.3 Å². The summed E-state index contributed by atoms with van der Waals surface area (Å²) in [6.07, 6.45) is 0.422. The summed E-state index contributed by atoms with van der Waals surface area (Å²) in [5, 5.41) is 4.41. The predicted octanol–water partition coefficient (Wildman–Crippen LogP) is 5.97. The lowest BCUT2D eigenvalue weighted by atomic mass is 10.1. The van der Waals surface area contributed by atoms with Gasteiger partial charge in [0, 0.05) is 33.2 Å². The lowest BCUT2D eigenvalue weighted by Crippen LogP contribution is -2.51. The van der Waals surface area contributed by atoms with Crippen molar-refractivity contribution < 1.29 is 14.3 Å². The van der Waals surface area contributed by atoms with Crippen LogP contribution in [0, 0.1) is 13.8 Å². The number of hydrogen-bond acceptors (Lipinski definition) is 3. The predicted molar refractivity (Wildman–Crippen MR) is 131 cm³/mol. The normalized spacial score (nSPS) is 11.9. The Kier molecular flexibility index (Phi) is 9.68. The number of carbonyl (C=O) groups is 2. The third-order valence-corrected chi connectivity index (χ3v) is 6.28. The lowest BCUT2D eigenvalue weighted by molar-refractivity contribution is -0.143. The molecule has 0 aliphatic carbocycles. The molecular formula is C24H29Cl3N2O3. The first-order chi connectivity index (χ1) is 15.0. The number of benzene rings is 2. The second kappa shape index (κ2) is 11.8. The number of carbonyl (C=O) groups excluding carboxylic acids is 2. The average Bonchev–Trinajstić information content (AvgIpc) is 2.71. The number of amides is 2. The maximum absolute atomic E-state index is 13.3. The van der Waals surface area contributed by atoms with Gasteiger partial charge in [0.15, 0.2) is 6.61 Å². The highest BCUT2D eigenvalue weighted by Gasteiger charge is 2.30. The summed E-state index contributed by atoms with van der Waals surface area (Å²) in [7, 11) is 0.